The van der Waals surface area contributed by atoms with E-state index in [0.717, 1.165) is 25.7 Å². The standard InChI is InChI=1S/C22H25NO6S/c1-28-21(24)18-11-9-17(10-12-18)16-29-22(25)19-7-6-8-20(15-19)30(26,27)23-13-4-2-3-5-14-23/h6-12,15H,2-5,13-14,16H2,1H3. The smallest absolute Gasteiger partial charge is 0.338 e. The Morgan fingerprint density at radius 2 is 1.57 bits per heavy atom. The minimum absolute atomic E-state index is 0.00336. The summed E-state index contributed by atoms with van der Waals surface area (Å²) in [7, 11) is -2.34. The van der Waals surface area contributed by atoms with E-state index in [1.165, 1.54) is 29.6 Å². The molecule has 3 rings (SSSR count). The molecule has 1 fully saturated rings. The van der Waals surface area contributed by atoms with Gasteiger partial charge in [0.2, 0.25) is 10.0 Å². The topological polar surface area (TPSA) is 90.0 Å². The van der Waals surface area contributed by atoms with Gasteiger partial charge in [0.15, 0.2) is 0 Å². The molecule has 0 atom stereocenters. The van der Waals surface area contributed by atoms with Gasteiger partial charge in [0, 0.05) is 13.1 Å². The van der Waals surface area contributed by atoms with Crippen LogP contribution >= 0.6 is 0 Å². The van der Waals surface area contributed by atoms with Gasteiger partial charge in [0.05, 0.1) is 23.1 Å². The molecular formula is C22H25NO6S. The Balaban J connectivity index is 1.67. The third-order valence-corrected chi connectivity index (χ3v) is 6.91. The Morgan fingerprint density at radius 3 is 2.20 bits per heavy atom. The summed E-state index contributed by atoms with van der Waals surface area (Å²) in [5.41, 5.74) is 1.28. The average molecular weight is 432 g/mol. The first kappa shape index (κ1) is 22.0. The van der Waals surface area contributed by atoms with Crippen molar-refractivity contribution in [2.45, 2.75) is 37.2 Å². The first-order valence-electron chi connectivity index (χ1n) is 9.86. The number of carbonyl (C=O) groups is 2. The summed E-state index contributed by atoms with van der Waals surface area (Å²) in [4.78, 5) is 24.0. The van der Waals surface area contributed by atoms with Crippen molar-refractivity contribution in [1.29, 1.82) is 0 Å². The second-order valence-electron chi connectivity index (χ2n) is 7.11. The molecule has 1 aliphatic rings. The van der Waals surface area contributed by atoms with Crippen LogP contribution in [0.4, 0.5) is 0 Å². The molecule has 0 aliphatic carbocycles. The van der Waals surface area contributed by atoms with Crippen LogP contribution in [0.5, 0.6) is 0 Å². The van der Waals surface area contributed by atoms with E-state index in [2.05, 4.69) is 4.74 Å². The Hall–Kier alpha value is -2.71. The number of esters is 2. The highest BCUT2D eigenvalue weighted by molar-refractivity contribution is 7.89. The molecule has 1 aliphatic heterocycles. The number of rotatable bonds is 6. The fourth-order valence-corrected chi connectivity index (χ4v) is 4.87. The lowest BCUT2D eigenvalue weighted by Gasteiger charge is -2.20. The van der Waals surface area contributed by atoms with E-state index in [-0.39, 0.29) is 17.1 Å². The van der Waals surface area contributed by atoms with Crippen LogP contribution < -0.4 is 0 Å². The van der Waals surface area contributed by atoms with Crippen LogP contribution in [0.3, 0.4) is 0 Å². The highest BCUT2D eigenvalue weighted by Gasteiger charge is 2.26. The van der Waals surface area contributed by atoms with Crippen molar-refractivity contribution in [2.24, 2.45) is 0 Å². The molecule has 0 bridgehead atoms. The molecule has 7 nitrogen and oxygen atoms in total. The zero-order chi connectivity index (χ0) is 21.6. The molecule has 30 heavy (non-hydrogen) atoms. The van der Waals surface area contributed by atoms with E-state index >= 15 is 0 Å². The van der Waals surface area contributed by atoms with Crippen LogP contribution in [0, 0.1) is 0 Å². The molecule has 0 amide bonds. The van der Waals surface area contributed by atoms with Crippen LogP contribution in [-0.4, -0.2) is 44.9 Å². The summed E-state index contributed by atoms with van der Waals surface area (Å²) < 4.78 is 37.3. The lowest BCUT2D eigenvalue weighted by atomic mass is 10.1. The second kappa shape index (κ2) is 9.86. The van der Waals surface area contributed by atoms with Crippen molar-refractivity contribution < 1.29 is 27.5 Å². The van der Waals surface area contributed by atoms with Crippen LogP contribution in [0.15, 0.2) is 53.4 Å². The number of sulfonamides is 1. The van der Waals surface area contributed by atoms with Gasteiger partial charge in [-0.2, -0.15) is 4.31 Å². The number of methoxy groups -OCH3 is 1. The van der Waals surface area contributed by atoms with E-state index in [0.29, 0.717) is 24.2 Å². The molecule has 1 heterocycles. The summed E-state index contributed by atoms with van der Waals surface area (Å²) in [5.74, 6) is -1.05. The quantitative estimate of drug-likeness (QED) is 0.651. The molecule has 2 aromatic rings. The third-order valence-electron chi connectivity index (χ3n) is 5.02. The first-order valence-corrected chi connectivity index (χ1v) is 11.3. The van der Waals surface area contributed by atoms with Gasteiger partial charge >= 0.3 is 11.9 Å². The summed E-state index contributed by atoms with van der Waals surface area (Å²) in [6.07, 6.45) is 3.74. The van der Waals surface area contributed by atoms with Gasteiger partial charge < -0.3 is 9.47 Å². The monoisotopic (exact) mass is 431 g/mol. The number of nitrogens with zero attached hydrogens (tertiary/aromatic N) is 1. The van der Waals surface area contributed by atoms with Crippen molar-refractivity contribution in [3.05, 3.63) is 65.2 Å². The molecular weight excluding hydrogens is 406 g/mol. The van der Waals surface area contributed by atoms with Crippen LogP contribution in [0.2, 0.25) is 0 Å². The molecule has 0 aromatic heterocycles. The number of benzene rings is 2. The Labute approximate surface area is 176 Å². The predicted molar refractivity (Wildman–Crippen MR) is 111 cm³/mol. The second-order valence-corrected chi connectivity index (χ2v) is 9.05. The van der Waals surface area contributed by atoms with Crippen LogP contribution in [0.25, 0.3) is 0 Å². The minimum Gasteiger partial charge on any atom is -0.465 e. The van der Waals surface area contributed by atoms with Crippen molar-refractivity contribution in [2.75, 3.05) is 20.2 Å². The Morgan fingerprint density at radius 1 is 0.900 bits per heavy atom. The fourth-order valence-electron chi connectivity index (χ4n) is 3.30. The van der Waals surface area contributed by atoms with E-state index in [4.69, 9.17) is 4.74 Å². The summed E-state index contributed by atoms with van der Waals surface area (Å²) >= 11 is 0. The van der Waals surface area contributed by atoms with Crippen molar-refractivity contribution in [3.8, 4) is 0 Å². The maximum atomic E-state index is 12.9. The SMILES string of the molecule is COC(=O)c1ccc(COC(=O)c2cccc(S(=O)(=O)N3CCCCCC3)c2)cc1. The van der Waals surface area contributed by atoms with Gasteiger partial charge in [-0.25, -0.2) is 18.0 Å². The van der Waals surface area contributed by atoms with E-state index in [1.807, 2.05) is 0 Å². The van der Waals surface area contributed by atoms with Crippen LogP contribution in [0.1, 0.15) is 52.0 Å². The van der Waals surface area contributed by atoms with Crippen LogP contribution in [-0.2, 0) is 26.1 Å². The molecule has 0 saturated carbocycles. The summed E-state index contributed by atoms with van der Waals surface area (Å²) in [5, 5.41) is 0. The van der Waals surface area contributed by atoms with Gasteiger partial charge in [-0.05, 0) is 48.7 Å². The van der Waals surface area contributed by atoms with Crippen molar-refractivity contribution >= 4 is 22.0 Å². The van der Waals surface area contributed by atoms with Gasteiger partial charge in [-0.3, -0.25) is 0 Å². The van der Waals surface area contributed by atoms with Crippen molar-refractivity contribution in [3.63, 3.8) is 0 Å². The molecule has 2 aromatic carbocycles. The average Bonchev–Trinajstić information content (AvgIpc) is 3.07. The number of carbonyl (C=O) groups excluding carboxylic acids is 2. The van der Waals surface area contributed by atoms with Gasteiger partial charge in [0.1, 0.15) is 6.61 Å². The third kappa shape index (κ3) is 5.25. The minimum atomic E-state index is -3.64. The number of ether oxygens (including phenoxy) is 2. The molecule has 0 radical (unpaired) electrons. The zero-order valence-corrected chi connectivity index (χ0v) is 17.7. The lowest BCUT2D eigenvalue weighted by molar-refractivity contribution is 0.0471. The molecule has 0 N–H and O–H groups in total. The predicted octanol–water partition coefficient (Wildman–Crippen LogP) is 3.39. The van der Waals surface area contributed by atoms with E-state index < -0.39 is 22.0 Å². The van der Waals surface area contributed by atoms with E-state index in [9.17, 15) is 18.0 Å². The lowest BCUT2D eigenvalue weighted by Crippen LogP contribution is -2.32. The highest BCUT2D eigenvalue weighted by atomic mass is 32.2. The highest BCUT2D eigenvalue weighted by Crippen LogP contribution is 2.21. The molecule has 8 heteroatoms. The van der Waals surface area contributed by atoms with E-state index in [1.54, 1.807) is 30.3 Å². The Bertz CT molecular complexity index is 993. The molecule has 0 unspecified atom stereocenters. The summed E-state index contributed by atoms with van der Waals surface area (Å²) in [6, 6.07) is 12.5. The number of hydrogen-bond donors (Lipinski definition) is 0. The van der Waals surface area contributed by atoms with Crippen molar-refractivity contribution in [1.82, 2.24) is 4.31 Å². The Kier molecular flexibility index (Phi) is 7.23. The van der Waals surface area contributed by atoms with Gasteiger partial charge in [-0.15, -0.1) is 0 Å². The fraction of sp³-hybridized carbons (Fsp3) is 0.364. The van der Waals surface area contributed by atoms with Gasteiger partial charge in [0.25, 0.3) is 0 Å². The molecule has 1 saturated heterocycles. The number of hydrogen-bond acceptors (Lipinski definition) is 6. The summed E-state index contributed by atoms with van der Waals surface area (Å²) in [6.45, 7) is 1.00. The maximum Gasteiger partial charge on any atom is 0.338 e. The normalized spacial score (nSPS) is 15.2. The molecule has 0 spiro atoms. The largest absolute Gasteiger partial charge is 0.465 e. The zero-order valence-electron chi connectivity index (χ0n) is 16.9. The van der Waals surface area contributed by atoms with Gasteiger partial charge in [-0.1, -0.05) is 31.0 Å². The first-order chi connectivity index (χ1) is 14.4. The maximum absolute atomic E-state index is 12.9. The molecule has 160 valence electrons.